The Balaban J connectivity index is 1.63. The molecule has 22 heavy (non-hydrogen) atoms. The van der Waals surface area contributed by atoms with Gasteiger partial charge in [-0.25, -0.2) is 4.98 Å². The lowest BCUT2D eigenvalue weighted by molar-refractivity contribution is 0.0342. The minimum Gasteiger partial charge on any atom is -0.379 e. The van der Waals surface area contributed by atoms with E-state index in [-0.39, 0.29) is 0 Å². The number of aromatic nitrogens is 1. The monoisotopic (exact) mass is 356 g/mol. The number of hydrogen-bond donors (Lipinski definition) is 0. The van der Waals surface area contributed by atoms with E-state index in [9.17, 15) is 0 Å². The van der Waals surface area contributed by atoms with E-state index >= 15 is 0 Å². The van der Waals surface area contributed by atoms with Crippen molar-refractivity contribution in [3.8, 4) is 11.8 Å². The van der Waals surface area contributed by atoms with Crippen molar-refractivity contribution in [2.75, 3.05) is 26.3 Å². The van der Waals surface area contributed by atoms with Crippen LogP contribution in [0.3, 0.4) is 0 Å². The summed E-state index contributed by atoms with van der Waals surface area (Å²) in [5, 5.41) is 0. The first-order chi connectivity index (χ1) is 10.8. The lowest BCUT2D eigenvalue weighted by Gasteiger charge is -2.26. The molecule has 2 heterocycles. The molecule has 1 aromatic carbocycles. The molecule has 0 saturated carbocycles. The summed E-state index contributed by atoms with van der Waals surface area (Å²) in [7, 11) is 0. The van der Waals surface area contributed by atoms with Crippen molar-refractivity contribution in [3.63, 3.8) is 0 Å². The largest absolute Gasteiger partial charge is 0.379 e. The fourth-order valence-corrected chi connectivity index (χ4v) is 2.54. The highest BCUT2D eigenvalue weighted by Crippen LogP contribution is 2.09. The summed E-state index contributed by atoms with van der Waals surface area (Å²) in [4.78, 5) is 6.58. The van der Waals surface area contributed by atoms with Crippen LogP contribution in [0, 0.1) is 11.8 Å². The maximum atomic E-state index is 5.37. The minimum absolute atomic E-state index is 0.825. The SMILES string of the molecule is Brc1ccc(C#Cc2ccc(CN3CCOCC3)cc2)cn1. The molecule has 0 amide bonds. The van der Waals surface area contributed by atoms with Gasteiger partial charge in [0.1, 0.15) is 4.60 Å². The number of nitrogens with zero attached hydrogens (tertiary/aromatic N) is 2. The molecule has 0 atom stereocenters. The van der Waals surface area contributed by atoms with Gasteiger partial charge in [-0.1, -0.05) is 24.0 Å². The maximum absolute atomic E-state index is 5.37. The van der Waals surface area contributed by atoms with Crippen LogP contribution in [0.15, 0.2) is 47.2 Å². The van der Waals surface area contributed by atoms with Gasteiger partial charge >= 0.3 is 0 Å². The maximum Gasteiger partial charge on any atom is 0.106 e. The fourth-order valence-electron chi connectivity index (χ4n) is 2.31. The Hall–Kier alpha value is -1.67. The van der Waals surface area contributed by atoms with Crippen molar-refractivity contribution in [1.82, 2.24) is 9.88 Å². The van der Waals surface area contributed by atoms with Gasteiger partial charge < -0.3 is 4.74 Å². The average Bonchev–Trinajstić information content (AvgIpc) is 2.57. The van der Waals surface area contributed by atoms with Gasteiger partial charge in [0.25, 0.3) is 0 Å². The van der Waals surface area contributed by atoms with Crippen LogP contribution in [0.4, 0.5) is 0 Å². The third-order valence-corrected chi connectivity index (χ3v) is 4.01. The molecule has 0 unspecified atom stereocenters. The van der Waals surface area contributed by atoms with Crippen molar-refractivity contribution in [2.45, 2.75) is 6.54 Å². The minimum atomic E-state index is 0.825. The third-order valence-electron chi connectivity index (χ3n) is 3.54. The van der Waals surface area contributed by atoms with Gasteiger partial charge in [0.15, 0.2) is 0 Å². The van der Waals surface area contributed by atoms with Crippen LogP contribution in [0.2, 0.25) is 0 Å². The second-order valence-electron chi connectivity index (χ2n) is 5.21. The normalized spacial score (nSPS) is 15.1. The number of halogens is 1. The number of morpholine rings is 1. The topological polar surface area (TPSA) is 25.4 Å². The van der Waals surface area contributed by atoms with Crippen molar-refractivity contribution >= 4 is 15.9 Å². The van der Waals surface area contributed by atoms with Crippen LogP contribution in [0.1, 0.15) is 16.7 Å². The van der Waals surface area contributed by atoms with E-state index in [1.807, 2.05) is 12.1 Å². The molecule has 0 radical (unpaired) electrons. The first-order valence-corrected chi connectivity index (χ1v) is 8.11. The summed E-state index contributed by atoms with van der Waals surface area (Å²) in [6, 6.07) is 12.3. The predicted molar refractivity (Wildman–Crippen MR) is 90.5 cm³/mol. The fraction of sp³-hybridized carbons (Fsp3) is 0.278. The summed E-state index contributed by atoms with van der Waals surface area (Å²) < 4.78 is 6.19. The number of ether oxygens (including phenoxy) is 1. The average molecular weight is 357 g/mol. The predicted octanol–water partition coefficient (Wildman–Crippen LogP) is 3.08. The zero-order valence-corrected chi connectivity index (χ0v) is 13.8. The van der Waals surface area contributed by atoms with Crippen LogP contribution in [0.5, 0.6) is 0 Å². The van der Waals surface area contributed by atoms with Crippen molar-refractivity contribution in [3.05, 3.63) is 63.9 Å². The number of rotatable bonds is 2. The number of benzene rings is 1. The quantitative estimate of drug-likeness (QED) is 0.610. The molecule has 0 spiro atoms. The van der Waals surface area contributed by atoms with Gasteiger partial charge in [0, 0.05) is 37.0 Å². The second kappa shape index (κ2) is 7.55. The zero-order chi connectivity index (χ0) is 15.2. The van der Waals surface area contributed by atoms with E-state index in [1.165, 1.54) is 5.56 Å². The van der Waals surface area contributed by atoms with Gasteiger partial charge in [-0.05, 0) is 45.8 Å². The second-order valence-corrected chi connectivity index (χ2v) is 6.02. The molecule has 2 aromatic rings. The molecule has 112 valence electrons. The molecule has 0 bridgehead atoms. The van der Waals surface area contributed by atoms with E-state index in [0.29, 0.717) is 0 Å². The summed E-state index contributed by atoms with van der Waals surface area (Å²) in [6.07, 6.45) is 1.77. The van der Waals surface area contributed by atoms with Crippen molar-refractivity contribution in [1.29, 1.82) is 0 Å². The van der Waals surface area contributed by atoms with Crippen LogP contribution < -0.4 is 0 Å². The van der Waals surface area contributed by atoms with Crippen molar-refractivity contribution < 1.29 is 4.74 Å². The smallest absolute Gasteiger partial charge is 0.106 e. The van der Waals surface area contributed by atoms with Gasteiger partial charge in [-0.2, -0.15) is 0 Å². The van der Waals surface area contributed by atoms with Crippen LogP contribution in [-0.2, 0) is 11.3 Å². The summed E-state index contributed by atoms with van der Waals surface area (Å²) in [6.45, 7) is 4.68. The Bertz CT molecular complexity index is 665. The highest BCUT2D eigenvalue weighted by molar-refractivity contribution is 9.10. The van der Waals surface area contributed by atoms with Gasteiger partial charge in [0.05, 0.1) is 13.2 Å². The third kappa shape index (κ3) is 4.41. The number of hydrogen-bond acceptors (Lipinski definition) is 3. The summed E-state index contributed by atoms with van der Waals surface area (Å²) in [5.74, 6) is 6.30. The van der Waals surface area contributed by atoms with E-state index in [1.54, 1.807) is 6.20 Å². The Kier molecular flexibility index (Phi) is 5.23. The number of pyridine rings is 1. The zero-order valence-electron chi connectivity index (χ0n) is 12.3. The van der Waals surface area contributed by atoms with E-state index in [2.05, 4.69) is 61.9 Å². The van der Waals surface area contributed by atoms with Crippen molar-refractivity contribution in [2.24, 2.45) is 0 Å². The molecule has 1 saturated heterocycles. The van der Waals surface area contributed by atoms with Crippen LogP contribution >= 0.6 is 15.9 Å². The molecule has 1 aromatic heterocycles. The first kappa shape index (κ1) is 15.2. The molecule has 3 nitrogen and oxygen atoms in total. The molecular weight excluding hydrogens is 340 g/mol. The lowest BCUT2D eigenvalue weighted by atomic mass is 10.1. The first-order valence-electron chi connectivity index (χ1n) is 7.32. The van der Waals surface area contributed by atoms with Gasteiger partial charge in [0.2, 0.25) is 0 Å². The molecule has 1 aliphatic heterocycles. The highest BCUT2D eigenvalue weighted by atomic mass is 79.9. The van der Waals surface area contributed by atoms with Gasteiger partial charge in [-0.15, -0.1) is 0 Å². The van der Waals surface area contributed by atoms with Crippen LogP contribution in [0.25, 0.3) is 0 Å². The Labute approximate surface area is 139 Å². The Morgan fingerprint density at radius 2 is 1.68 bits per heavy atom. The lowest BCUT2D eigenvalue weighted by Crippen LogP contribution is -2.35. The summed E-state index contributed by atoms with van der Waals surface area (Å²) in [5.41, 5.74) is 3.26. The Morgan fingerprint density at radius 1 is 1.00 bits per heavy atom. The standard InChI is InChI=1S/C18H17BrN2O/c19-18-8-7-16(13-20-18)4-1-15-2-5-17(6-3-15)14-21-9-11-22-12-10-21/h2-3,5-8,13H,9-12,14H2. The molecule has 1 aliphatic rings. The Morgan fingerprint density at radius 3 is 2.36 bits per heavy atom. The molecule has 0 N–H and O–H groups in total. The van der Waals surface area contributed by atoms with E-state index in [4.69, 9.17) is 4.74 Å². The van der Waals surface area contributed by atoms with E-state index < -0.39 is 0 Å². The van der Waals surface area contributed by atoms with E-state index in [0.717, 1.165) is 48.6 Å². The van der Waals surface area contributed by atoms with Gasteiger partial charge in [-0.3, -0.25) is 4.90 Å². The molecule has 3 rings (SSSR count). The molecule has 0 aliphatic carbocycles. The molecular formula is C18H17BrN2O. The molecule has 4 heteroatoms. The van der Waals surface area contributed by atoms with Crippen LogP contribution in [-0.4, -0.2) is 36.2 Å². The highest BCUT2D eigenvalue weighted by Gasteiger charge is 2.10. The molecule has 1 fully saturated rings. The summed E-state index contributed by atoms with van der Waals surface area (Å²) >= 11 is 3.32.